The number of aliphatic hydroxyl groups is 4. The highest BCUT2D eigenvalue weighted by Crippen LogP contribution is 2.31. The molecule has 0 saturated carbocycles. The number of amides is 2. The van der Waals surface area contributed by atoms with E-state index in [0.717, 1.165) is 33.4 Å². The van der Waals surface area contributed by atoms with E-state index in [2.05, 4.69) is 0 Å². The SMILES string of the molecule is COc1cccc(C[C@@H]2[C@H](O)[C@@H](O)[C@@H](Cc3cccc(OC)c3)N(Cc3ccc(CO)cc3)C(=O)N2Cc2ccc(CO)cc2)c1. The predicted octanol–water partition coefficient (Wildman–Crippen LogP) is 4.07. The van der Waals surface area contributed by atoms with Crippen molar-refractivity contribution in [2.75, 3.05) is 14.2 Å². The second kappa shape index (κ2) is 15.2. The quantitative estimate of drug-likeness (QED) is 0.187. The van der Waals surface area contributed by atoms with Crippen molar-refractivity contribution in [1.82, 2.24) is 9.80 Å². The van der Waals surface area contributed by atoms with E-state index in [0.29, 0.717) is 11.5 Å². The topological polar surface area (TPSA) is 123 Å². The van der Waals surface area contributed by atoms with Gasteiger partial charge in [-0.25, -0.2) is 4.79 Å². The molecule has 4 aromatic rings. The number of methoxy groups -OCH3 is 2. The van der Waals surface area contributed by atoms with Gasteiger partial charge in [-0.2, -0.15) is 0 Å². The number of urea groups is 1. The van der Waals surface area contributed by atoms with Crippen LogP contribution in [0.3, 0.4) is 0 Å². The van der Waals surface area contributed by atoms with Crippen molar-refractivity contribution in [2.24, 2.45) is 0 Å². The number of ether oxygens (including phenoxy) is 2. The molecular weight excluding hydrogens is 584 g/mol. The Hall–Kier alpha value is -4.41. The van der Waals surface area contributed by atoms with E-state index in [4.69, 9.17) is 9.47 Å². The minimum Gasteiger partial charge on any atom is -0.497 e. The van der Waals surface area contributed by atoms with Crippen molar-refractivity contribution in [2.45, 2.75) is 63.4 Å². The minimum absolute atomic E-state index is 0.0961. The summed E-state index contributed by atoms with van der Waals surface area (Å²) in [5, 5.41) is 43.1. The summed E-state index contributed by atoms with van der Waals surface area (Å²) >= 11 is 0. The van der Waals surface area contributed by atoms with Gasteiger partial charge < -0.3 is 39.7 Å². The second-order valence-corrected chi connectivity index (χ2v) is 11.7. The number of hydrogen-bond donors (Lipinski definition) is 4. The number of hydrogen-bond acceptors (Lipinski definition) is 7. The van der Waals surface area contributed by atoms with Crippen LogP contribution >= 0.6 is 0 Å². The Kier molecular flexibility index (Phi) is 10.9. The van der Waals surface area contributed by atoms with E-state index in [1.54, 1.807) is 24.0 Å². The van der Waals surface area contributed by atoms with Gasteiger partial charge in [0, 0.05) is 13.1 Å². The summed E-state index contributed by atoms with van der Waals surface area (Å²) in [6.07, 6.45) is -2.02. The molecule has 4 atom stereocenters. The lowest BCUT2D eigenvalue weighted by Gasteiger charge is -2.36. The number of benzene rings is 4. The lowest BCUT2D eigenvalue weighted by atomic mass is 9.90. The highest BCUT2D eigenvalue weighted by molar-refractivity contribution is 5.76. The largest absolute Gasteiger partial charge is 0.497 e. The molecule has 46 heavy (non-hydrogen) atoms. The Morgan fingerprint density at radius 2 is 0.935 bits per heavy atom. The Balaban J connectivity index is 1.59. The highest BCUT2D eigenvalue weighted by atomic mass is 16.5. The summed E-state index contributed by atoms with van der Waals surface area (Å²) in [6.45, 7) is 0.159. The summed E-state index contributed by atoms with van der Waals surface area (Å²) in [6, 6.07) is 27.8. The molecule has 0 unspecified atom stereocenters. The first-order valence-electron chi connectivity index (χ1n) is 15.4. The second-order valence-electron chi connectivity index (χ2n) is 11.7. The van der Waals surface area contributed by atoms with Crippen LogP contribution in [0.15, 0.2) is 97.1 Å². The molecule has 0 bridgehead atoms. The Morgan fingerprint density at radius 1 is 0.565 bits per heavy atom. The molecule has 1 aliphatic rings. The van der Waals surface area contributed by atoms with Gasteiger partial charge in [-0.05, 0) is 70.5 Å². The third-order valence-corrected chi connectivity index (χ3v) is 8.71. The highest BCUT2D eigenvalue weighted by Gasteiger charge is 2.46. The van der Waals surface area contributed by atoms with E-state index in [9.17, 15) is 25.2 Å². The number of aliphatic hydroxyl groups excluding tert-OH is 4. The molecule has 4 aromatic carbocycles. The van der Waals surface area contributed by atoms with Crippen molar-refractivity contribution in [3.05, 3.63) is 130 Å². The van der Waals surface area contributed by atoms with Gasteiger partial charge in [0.2, 0.25) is 0 Å². The molecule has 2 amide bonds. The maximum Gasteiger partial charge on any atom is 0.321 e. The van der Waals surface area contributed by atoms with Gasteiger partial charge in [0.25, 0.3) is 0 Å². The van der Waals surface area contributed by atoms with Crippen LogP contribution < -0.4 is 9.47 Å². The van der Waals surface area contributed by atoms with Crippen molar-refractivity contribution in [3.8, 4) is 11.5 Å². The molecule has 5 rings (SSSR count). The molecule has 242 valence electrons. The molecular formula is C37H42N2O7. The molecule has 1 heterocycles. The zero-order valence-electron chi connectivity index (χ0n) is 26.2. The monoisotopic (exact) mass is 626 g/mol. The summed E-state index contributed by atoms with van der Waals surface area (Å²) < 4.78 is 10.9. The molecule has 9 nitrogen and oxygen atoms in total. The van der Waals surface area contributed by atoms with Gasteiger partial charge in [-0.1, -0.05) is 72.8 Å². The minimum atomic E-state index is -1.29. The van der Waals surface area contributed by atoms with Gasteiger partial charge in [0.1, 0.15) is 23.7 Å². The van der Waals surface area contributed by atoms with Gasteiger partial charge in [0.15, 0.2) is 0 Å². The van der Waals surface area contributed by atoms with Crippen LogP contribution in [0.5, 0.6) is 11.5 Å². The van der Waals surface area contributed by atoms with E-state index >= 15 is 0 Å². The van der Waals surface area contributed by atoms with Crippen LogP contribution in [0.25, 0.3) is 0 Å². The lowest BCUT2D eigenvalue weighted by Crippen LogP contribution is -2.50. The average molecular weight is 627 g/mol. The fourth-order valence-corrected chi connectivity index (χ4v) is 6.08. The van der Waals surface area contributed by atoms with Gasteiger partial charge in [-0.15, -0.1) is 0 Å². The molecule has 1 aliphatic heterocycles. The Labute approximate surface area is 269 Å². The van der Waals surface area contributed by atoms with Crippen LogP contribution in [-0.4, -0.2) is 74.8 Å². The van der Waals surface area contributed by atoms with Crippen molar-refractivity contribution in [1.29, 1.82) is 0 Å². The molecule has 0 spiro atoms. The molecule has 0 radical (unpaired) electrons. The Bertz CT molecular complexity index is 1460. The van der Waals surface area contributed by atoms with Crippen molar-refractivity contribution < 1.29 is 34.7 Å². The summed E-state index contributed by atoms with van der Waals surface area (Å²) in [4.78, 5) is 18.1. The third kappa shape index (κ3) is 7.68. The van der Waals surface area contributed by atoms with Crippen molar-refractivity contribution in [3.63, 3.8) is 0 Å². The lowest BCUT2D eigenvalue weighted by molar-refractivity contribution is -0.0408. The van der Waals surface area contributed by atoms with Crippen LogP contribution in [0, 0.1) is 0 Å². The van der Waals surface area contributed by atoms with E-state index < -0.39 is 24.3 Å². The number of rotatable bonds is 12. The summed E-state index contributed by atoms with van der Waals surface area (Å²) in [5.74, 6) is 1.31. The van der Waals surface area contributed by atoms with Crippen molar-refractivity contribution >= 4 is 6.03 Å². The van der Waals surface area contributed by atoms with Gasteiger partial charge in [-0.3, -0.25) is 0 Å². The molecule has 1 fully saturated rings. The molecule has 4 N–H and O–H groups in total. The van der Waals surface area contributed by atoms with Crippen LogP contribution in [0.1, 0.15) is 33.4 Å². The van der Waals surface area contributed by atoms with Crippen LogP contribution in [0.2, 0.25) is 0 Å². The normalized spacial score (nSPS) is 20.0. The van der Waals surface area contributed by atoms with E-state index in [1.165, 1.54) is 0 Å². The zero-order chi connectivity index (χ0) is 32.6. The number of carbonyl (C=O) groups is 1. The molecule has 9 heteroatoms. The van der Waals surface area contributed by atoms with Crippen LogP contribution in [-0.2, 0) is 39.1 Å². The number of carbonyl (C=O) groups excluding carboxylic acids is 1. The van der Waals surface area contributed by atoms with Crippen LogP contribution in [0.4, 0.5) is 4.79 Å². The molecule has 0 aromatic heterocycles. The van der Waals surface area contributed by atoms with E-state index in [1.807, 2.05) is 97.1 Å². The fourth-order valence-electron chi connectivity index (χ4n) is 6.08. The van der Waals surface area contributed by atoms with Gasteiger partial charge in [0.05, 0.1) is 39.5 Å². The predicted molar refractivity (Wildman–Crippen MR) is 174 cm³/mol. The Morgan fingerprint density at radius 3 is 1.28 bits per heavy atom. The standard InChI is InChI=1S/C37H42N2O7/c1-45-31-7-3-5-29(17-31)19-33-35(42)36(43)34(20-30-6-4-8-32(18-30)46-2)39(22-26-11-15-28(24-41)16-12-26)37(44)38(33)21-25-9-13-27(23-40)14-10-25/h3-18,33-36,40-43H,19-24H2,1-2H3/t33-,34-,35+,36+/m1/s1. The van der Waals surface area contributed by atoms with E-state index in [-0.39, 0.29) is 45.2 Å². The maximum atomic E-state index is 14.8. The number of nitrogens with zero attached hydrogens (tertiary/aromatic N) is 2. The zero-order valence-corrected chi connectivity index (χ0v) is 26.2. The fraction of sp³-hybridized carbons (Fsp3) is 0.324. The van der Waals surface area contributed by atoms with Gasteiger partial charge >= 0.3 is 6.03 Å². The average Bonchev–Trinajstić information content (AvgIpc) is 3.16. The summed E-state index contributed by atoms with van der Waals surface area (Å²) in [7, 11) is 3.17. The first-order chi connectivity index (χ1) is 22.3. The molecule has 1 saturated heterocycles. The maximum absolute atomic E-state index is 14.8. The smallest absolute Gasteiger partial charge is 0.321 e. The molecule has 0 aliphatic carbocycles. The first-order valence-corrected chi connectivity index (χ1v) is 15.4. The first kappa shape index (κ1) is 33.0. The summed E-state index contributed by atoms with van der Waals surface area (Å²) in [5.41, 5.74) is 4.84. The third-order valence-electron chi connectivity index (χ3n) is 8.71.